The molecule has 1 amide bonds. The standard InChI is InChI=1S/C15H21FN2O/c1-3-4-15(5-6-17-10-15)14(19)18-13-8-11(2)7-12(16)9-13/h7-9,17H,3-6,10H2,1-2H3,(H,18,19). The fourth-order valence-electron chi connectivity index (χ4n) is 2.82. The maximum Gasteiger partial charge on any atom is 0.231 e. The van der Waals surface area contributed by atoms with Gasteiger partial charge in [0.2, 0.25) is 5.91 Å². The highest BCUT2D eigenvalue weighted by molar-refractivity contribution is 5.95. The molecule has 1 atom stereocenters. The number of aryl methyl sites for hydroxylation is 1. The van der Waals surface area contributed by atoms with Crippen molar-refractivity contribution in [1.82, 2.24) is 5.32 Å². The van der Waals surface area contributed by atoms with Crippen LogP contribution in [0.1, 0.15) is 31.7 Å². The first-order valence-corrected chi connectivity index (χ1v) is 6.85. The Morgan fingerprint density at radius 3 is 2.84 bits per heavy atom. The first kappa shape index (κ1) is 14.0. The molecule has 2 N–H and O–H groups in total. The summed E-state index contributed by atoms with van der Waals surface area (Å²) in [7, 11) is 0. The largest absolute Gasteiger partial charge is 0.325 e. The Labute approximate surface area is 113 Å². The van der Waals surface area contributed by atoms with Gasteiger partial charge in [0.25, 0.3) is 0 Å². The van der Waals surface area contributed by atoms with E-state index in [0.717, 1.165) is 31.4 Å². The Morgan fingerprint density at radius 1 is 1.47 bits per heavy atom. The van der Waals surface area contributed by atoms with E-state index >= 15 is 0 Å². The highest BCUT2D eigenvalue weighted by Crippen LogP contribution is 2.32. The lowest BCUT2D eigenvalue weighted by atomic mass is 9.81. The third-order valence-corrected chi connectivity index (χ3v) is 3.75. The van der Waals surface area contributed by atoms with Crippen LogP contribution in [0.3, 0.4) is 0 Å². The maximum atomic E-state index is 13.3. The van der Waals surface area contributed by atoms with Gasteiger partial charge in [0, 0.05) is 12.2 Å². The molecule has 0 saturated carbocycles. The molecule has 1 aliphatic rings. The fraction of sp³-hybridized carbons (Fsp3) is 0.533. The monoisotopic (exact) mass is 264 g/mol. The number of rotatable bonds is 4. The number of amides is 1. The van der Waals surface area contributed by atoms with Gasteiger partial charge in [-0.05, 0) is 50.1 Å². The molecule has 0 spiro atoms. The molecule has 1 aromatic carbocycles. The summed E-state index contributed by atoms with van der Waals surface area (Å²) in [6.45, 7) is 5.48. The van der Waals surface area contributed by atoms with E-state index in [2.05, 4.69) is 17.6 Å². The summed E-state index contributed by atoms with van der Waals surface area (Å²) in [5.41, 5.74) is 1.02. The van der Waals surface area contributed by atoms with Crippen LogP contribution < -0.4 is 10.6 Å². The molecule has 2 rings (SSSR count). The first-order chi connectivity index (χ1) is 9.05. The van der Waals surface area contributed by atoms with E-state index < -0.39 is 0 Å². The minimum Gasteiger partial charge on any atom is -0.325 e. The van der Waals surface area contributed by atoms with E-state index in [9.17, 15) is 9.18 Å². The summed E-state index contributed by atoms with van der Waals surface area (Å²) in [5.74, 6) is -0.311. The summed E-state index contributed by atoms with van der Waals surface area (Å²) < 4.78 is 13.3. The zero-order valence-electron chi connectivity index (χ0n) is 11.6. The van der Waals surface area contributed by atoms with Gasteiger partial charge in [-0.3, -0.25) is 4.79 Å². The van der Waals surface area contributed by atoms with E-state index in [1.54, 1.807) is 6.07 Å². The topological polar surface area (TPSA) is 41.1 Å². The second-order valence-electron chi connectivity index (χ2n) is 5.43. The van der Waals surface area contributed by atoms with Crippen LogP contribution in [-0.2, 0) is 4.79 Å². The lowest BCUT2D eigenvalue weighted by Crippen LogP contribution is -2.38. The van der Waals surface area contributed by atoms with Crippen molar-refractivity contribution in [2.75, 3.05) is 18.4 Å². The van der Waals surface area contributed by atoms with E-state index in [4.69, 9.17) is 0 Å². The van der Waals surface area contributed by atoms with Gasteiger partial charge in [0.15, 0.2) is 0 Å². The van der Waals surface area contributed by atoms with Gasteiger partial charge in [-0.1, -0.05) is 13.3 Å². The van der Waals surface area contributed by atoms with E-state index in [1.165, 1.54) is 12.1 Å². The van der Waals surface area contributed by atoms with Crippen molar-refractivity contribution in [2.45, 2.75) is 33.1 Å². The number of anilines is 1. The molecule has 1 unspecified atom stereocenters. The van der Waals surface area contributed by atoms with Crippen LogP contribution in [0.5, 0.6) is 0 Å². The molecule has 1 aliphatic heterocycles. The number of halogens is 1. The molecule has 1 fully saturated rings. The average Bonchev–Trinajstić information content (AvgIpc) is 2.78. The number of carbonyl (C=O) groups is 1. The van der Waals surface area contributed by atoms with Crippen molar-refractivity contribution in [2.24, 2.45) is 5.41 Å². The molecule has 0 aromatic heterocycles. The molecule has 1 aromatic rings. The predicted octanol–water partition coefficient (Wildman–Crippen LogP) is 2.85. The zero-order chi connectivity index (χ0) is 13.9. The lowest BCUT2D eigenvalue weighted by Gasteiger charge is -2.26. The Morgan fingerprint density at radius 2 is 2.26 bits per heavy atom. The molecule has 1 saturated heterocycles. The zero-order valence-corrected chi connectivity index (χ0v) is 11.6. The maximum absolute atomic E-state index is 13.3. The van der Waals surface area contributed by atoms with Crippen molar-refractivity contribution in [1.29, 1.82) is 0 Å². The van der Waals surface area contributed by atoms with Crippen molar-refractivity contribution in [3.8, 4) is 0 Å². The normalized spacial score (nSPS) is 22.5. The number of hydrogen-bond donors (Lipinski definition) is 2. The minimum atomic E-state index is -0.338. The summed E-state index contributed by atoms with van der Waals surface area (Å²) in [6, 6.07) is 4.62. The summed E-state index contributed by atoms with van der Waals surface area (Å²) in [4.78, 5) is 12.5. The van der Waals surface area contributed by atoms with E-state index in [1.807, 2.05) is 6.92 Å². The van der Waals surface area contributed by atoms with E-state index in [0.29, 0.717) is 12.2 Å². The van der Waals surface area contributed by atoms with Gasteiger partial charge >= 0.3 is 0 Å². The smallest absolute Gasteiger partial charge is 0.231 e. The number of benzene rings is 1. The van der Waals surface area contributed by atoms with Crippen molar-refractivity contribution in [3.63, 3.8) is 0 Å². The molecule has 0 aliphatic carbocycles. The molecule has 3 nitrogen and oxygen atoms in total. The SMILES string of the molecule is CCCC1(C(=O)Nc2cc(C)cc(F)c2)CCNC1. The molecule has 1 heterocycles. The third-order valence-electron chi connectivity index (χ3n) is 3.75. The van der Waals surface area contributed by atoms with E-state index in [-0.39, 0.29) is 17.1 Å². The molecule has 19 heavy (non-hydrogen) atoms. The molecular formula is C15H21FN2O. The minimum absolute atomic E-state index is 0.00403. The van der Waals surface area contributed by atoms with Gasteiger partial charge in [-0.25, -0.2) is 4.39 Å². The highest BCUT2D eigenvalue weighted by Gasteiger charge is 2.40. The quantitative estimate of drug-likeness (QED) is 0.878. The lowest BCUT2D eigenvalue weighted by molar-refractivity contribution is -0.125. The van der Waals surface area contributed by atoms with Gasteiger partial charge in [-0.15, -0.1) is 0 Å². The van der Waals surface area contributed by atoms with Crippen molar-refractivity contribution in [3.05, 3.63) is 29.6 Å². The second kappa shape index (κ2) is 5.70. The molecular weight excluding hydrogens is 243 g/mol. The van der Waals surface area contributed by atoms with Crippen molar-refractivity contribution >= 4 is 11.6 Å². The highest BCUT2D eigenvalue weighted by atomic mass is 19.1. The van der Waals surface area contributed by atoms with Crippen LogP contribution in [0.4, 0.5) is 10.1 Å². The number of carbonyl (C=O) groups excluding carboxylic acids is 1. The molecule has 4 heteroatoms. The van der Waals surface area contributed by atoms with Crippen LogP contribution >= 0.6 is 0 Å². The number of hydrogen-bond acceptors (Lipinski definition) is 2. The Balaban J connectivity index is 2.14. The number of nitrogens with one attached hydrogen (secondary N) is 2. The van der Waals surface area contributed by atoms with Gasteiger partial charge in [0.05, 0.1) is 5.41 Å². The molecule has 104 valence electrons. The third kappa shape index (κ3) is 3.13. The van der Waals surface area contributed by atoms with Crippen LogP contribution in [0, 0.1) is 18.2 Å². The summed E-state index contributed by atoms with van der Waals surface area (Å²) in [6.07, 6.45) is 2.68. The van der Waals surface area contributed by atoms with Crippen molar-refractivity contribution < 1.29 is 9.18 Å². The second-order valence-corrected chi connectivity index (χ2v) is 5.43. The Kier molecular flexibility index (Phi) is 4.20. The summed E-state index contributed by atoms with van der Waals surface area (Å²) >= 11 is 0. The summed E-state index contributed by atoms with van der Waals surface area (Å²) in [5, 5.41) is 6.12. The van der Waals surface area contributed by atoms with Gasteiger partial charge in [0.1, 0.15) is 5.82 Å². The first-order valence-electron chi connectivity index (χ1n) is 6.85. The fourth-order valence-corrected chi connectivity index (χ4v) is 2.82. The average molecular weight is 264 g/mol. The molecule has 0 bridgehead atoms. The Bertz CT molecular complexity index is 447. The van der Waals surface area contributed by atoms with Crippen LogP contribution in [0.2, 0.25) is 0 Å². The van der Waals surface area contributed by atoms with Gasteiger partial charge < -0.3 is 10.6 Å². The Hall–Kier alpha value is -1.42. The predicted molar refractivity (Wildman–Crippen MR) is 74.6 cm³/mol. The van der Waals surface area contributed by atoms with Gasteiger partial charge in [-0.2, -0.15) is 0 Å². The van der Waals surface area contributed by atoms with Crippen LogP contribution in [-0.4, -0.2) is 19.0 Å². The van der Waals surface area contributed by atoms with Crippen LogP contribution in [0.15, 0.2) is 18.2 Å². The van der Waals surface area contributed by atoms with Crippen LogP contribution in [0.25, 0.3) is 0 Å². The molecule has 0 radical (unpaired) electrons.